The van der Waals surface area contributed by atoms with Gasteiger partial charge in [0.05, 0.1) is 5.56 Å². The van der Waals surface area contributed by atoms with E-state index in [9.17, 15) is 18.0 Å². The molecule has 0 bridgehead atoms. The zero-order valence-electron chi connectivity index (χ0n) is 11.9. The molecule has 7 heteroatoms. The Labute approximate surface area is 136 Å². The fraction of sp³-hybridized carbons (Fsp3) is 0.125. The standard InChI is InChI=1S/C16H13F3N2OS/c17-16(18,19)13-7-1-10(2-8-13)9-21-15(22)12-5-3-11(4-6-12)14(20)23/h1-8H,9H2,(H2,20,23)(H,21,22). The first-order chi connectivity index (χ1) is 10.8. The van der Waals surface area contributed by atoms with Crippen LogP contribution in [0.2, 0.25) is 0 Å². The number of thiocarbonyl (C=S) groups is 1. The normalized spacial score (nSPS) is 11.1. The highest BCUT2D eigenvalue weighted by Gasteiger charge is 2.29. The molecule has 23 heavy (non-hydrogen) atoms. The van der Waals surface area contributed by atoms with E-state index < -0.39 is 11.7 Å². The zero-order valence-corrected chi connectivity index (χ0v) is 12.7. The Kier molecular flexibility index (Phi) is 5.00. The van der Waals surface area contributed by atoms with Gasteiger partial charge in [0.15, 0.2) is 0 Å². The van der Waals surface area contributed by atoms with Gasteiger partial charge in [0.1, 0.15) is 4.99 Å². The molecule has 0 spiro atoms. The predicted molar refractivity (Wildman–Crippen MR) is 84.9 cm³/mol. The van der Waals surface area contributed by atoms with Gasteiger partial charge >= 0.3 is 6.18 Å². The smallest absolute Gasteiger partial charge is 0.389 e. The Balaban J connectivity index is 1.97. The maximum Gasteiger partial charge on any atom is 0.416 e. The molecule has 2 rings (SSSR count). The molecule has 0 heterocycles. The molecule has 0 radical (unpaired) electrons. The van der Waals surface area contributed by atoms with Crippen LogP contribution in [0.4, 0.5) is 13.2 Å². The highest BCUT2D eigenvalue weighted by molar-refractivity contribution is 7.80. The first kappa shape index (κ1) is 17.0. The number of carbonyl (C=O) groups is 1. The van der Waals surface area contributed by atoms with Gasteiger partial charge in [-0.2, -0.15) is 13.2 Å². The van der Waals surface area contributed by atoms with Crippen LogP contribution in [-0.2, 0) is 12.7 Å². The minimum Gasteiger partial charge on any atom is -0.389 e. The second kappa shape index (κ2) is 6.78. The Morgan fingerprint density at radius 2 is 1.52 bits per heavy atom. The number of alkyl halides is 3. The van der Waals surface area contributed by atoms with Gasteiger partial charge in [0.25, 0.3) is 5.91 Å². The fourth-order valence-corrected chi connectivity index (χ4v) is 2.02. The van der Waals surface area contributed by atoms with Crippen molar-refractivity contribution in [1.82, 2.24) is 5.32 Å². The maximum absolute atomic E-state index is 12.5. The van der Waals surface area contributed by atoms with Crippen molar-refractivity contribution >= 4 is 23.1 Å². The SMILES string of the molecule is NC(=S)c1ccc(C(=O)NCc2ccc(C(F)(F)F)cc2)cc1. The first-order valence-corrected chi connectivity index (χ1v) is 7.02. The van der Waals surface area contributed by atoms with Crippen LogP contribution in [0, 0.1) is 0 Å². The van der Waals surface area contributed by atoms with E-state index in [1.54, 1.807) is 24.3 Å². The summed E-state index contributed by atoms with van der Waals surface area (Å²) in [6.45, 7) is 0.133. The fourth-order valence-electron chi connectivity index (χ4n) is 1.88. The molecule has 0 unspecified atom stereocenters. The van der Waals surface area contributed by atoms with E-state index in [-0.39, 0.29) is 17.4 Å². The lowest BCUT2D eigenvalue weighted by atomic mass is 10.1. The van der Waals surface area contributed by atoms with Crippen molar-refractivity contribution in [2.24, 2.45) is 5.73 Å². The minimum absolute atomic E-state index is 0.133. The molecule has 0 atom stereocenters. The number of amides is 1. The molecular weight excluding hydrogens is 325 g/mol. The van der Waals surface area contributed by atoms with Crippen LogP contribution >= 0.6 is 12.2 Å². The molecule has 0 saturated carbocycles. The van der Waals surface area contributed by atoms with E-state index >= 15 is 0 Å². The van der Waals surface area contributed by atoms with Crippen LogP contribution in [0.15, 0.2) is 48.5 Å². The summed E-state index contributed by atoms with van der Waals surface area (Å²) in [5.74, 6) is -0.334. The van der Waals surface area contributed by atoms with Gasteiger partial charge in [-0.3, -0.25) is 4.79 Å². The third-order valence-corrected chi connectivity index (χ3v) is 3.40. The summed E-state index contributed by atoms with van der Waals surface area (Å²) in [6, 6.07) is 11.1. The molecule has 0 aliphatic rings. The number of benzene rings is 2. The summed E-state index contributed by atoms with van der Waals surface area (Å²) in [7, 11) is 0. The summed E-state index contributed by atoms with van der Waals surface area (Å²) in [4.78, 5) is 12.2. The average Bonchev–Trinajstić information content (AvgIpc) is 2.52. The highest BCUT2D eigenvalue weighted by atomic mass is 32.1. The van der Waals surface area contributed by atoms with E-state index in [4.69, 9.17) is 18.0 Å². The summed E-state index contributed by atoms with van der Waals surface area (Å²) in [6.07, 6.45) is -4.37. The predicted octanol–water partition coefficient (Wildman–Crippen LogP) is 3.27. The third kappa shape index (κ3) is 4.53. The summed E-state index contributed by atoms with van der Waals surface area (Å²) >= 11 is 4.82. The Bertz CT molecular complexity index is 710. The van der Waals surface area contributed by atoms with Crippen molar-refractivity contribution in [3.63, 3.8) is 0 Å². The monoisotopic (exact) mass is 338 g/mol. The lowest BCUT2D eigenvalue weighted by Crippen LogP contribution is -2.23. The lowest BCUT2D eigenvalue weighted by Gasteiger charge is -2.09. The largest absolute Gasteiger partial charge is 0.416 e. The summed E-state index contributed by atoms with van der Waals surface area (Å²) in [5.41, 5.74) is 6.39. The van der Waals surface area contributed by atoms with E-state index in [2.05, 4.69) is 5.32 Å². The highest BCUT2D eigenvalue weighted by Crippen LogP contribution is 2.29. The van der Waals surface area contributed by atoms with Crippen molar-refractivity contribution in [2.75, 3.05) is 0 Å². The van der Waals surface area contributed by atoms with E-state index in [0.29, 0.717) is 16.7 Å². The molecule has 3 N–H and O–H groups in total. The summed E-state index contributed by atoms with van der Waals surface area (Å²) in [5, 5.41) is 2.64. The van der Waals surface area contributed by atoms with Crippen molar-refractivity contribution in [3.05, 3.63) is 70.8 Å². The van der Waals surface area contributed by atoms with Crippen LogP contribution in [0.5, 0.6) is 0 Å². The molecule has 2 aromatic rings. The minimum atomic E-state index is -4.37. The van der Waals surface area contributed by atoms with E-state index in [1.165, 1.54) is 12.1 Å². The van der Waals surface area contributed by atoms with Crippen LogP contribution < -0.4 is 11.1 Å². The third-order valence-electron chi connectivity index (χ3n) is 3.17. The molecule has 2 aromatic carbocycles. The van der Waals surface area contributed by atoms with Gasteiger partial charge < -0.3 is 11.1 Å². The van der Waals surface area contributed by atoms with Crippen molar-refractivity contribution in [2.45, 2.75) is 12.7 Å². The topological polar surface area (TPSA) is 55.1 Å². The van der Waals surface area contributed by atoms with Gasteiger partial charge in [0, 0.05) is 17.7 Å². The Hall–Kier alpha value is -2.41. The van der Waals surface area contributed by atoms with Crippen LogP contribution in [-0.4, -0.2) is 10.9 Å². The first-order valence-electron chi connectivity index (χ1n) is 6.61. The van der Waals surface area contributed by atoms with Crippen molar-refractivity contribution < 1.29 is 18.0 Å². The summed E-state index contributed by atoms with van der Waals surface area (Å²) < 4.78 is 37.4. The number of halogens is 3. The van der Waals surface area contributed by atoms with E-state index in [1.807, 2.05) is 0 Å². The number of hydrogen-bond acceptors (Lipinski definition) is 2. The van der Waals surface area contributed by atoms with Gasteiger partial charge in [-0.05, 0) is 29.8 Å². The van der Waals surface area contributed by atoms with Crippen LogP contribution in [0.1, 0.15) is 27.0 Å². The molecule has 120 valence electrons. The molecule has 0 aromatic heterocycles. The van der Waals surface area contributed by atoms with Crippen LogP contribution in [0.3, 0.4) is 0 Å². The second-order valence-electron chi connectivity index (χ2n) is 4.82. The Morgan fingerprint density at radius 3 is 2.00 bits per heavy atom. The van der Waals surface area contributed by atoms with Gasteiger partial charge in [0.2, 0.25) is 0 Å². The lowest BCUT2D eigenvalue weighted by molar-refractivity contribution is -0.137. The number of carbonyl (C=O) groups excluding carboxylic acids is 1. The van der Waals surface area contributed by atoms with Crippen molar-refractivity contribution in [3.8, 4) is 0 Å². The van der Waals surface area contributed by atoms with Crippen molar-refractivity contribution in [1.29, 1.82) is 0 Å². The zero-order chi connectivity index (χ0) is 17.0. The maximum atomic E-state index is 12.5. The van der Waals surface area contributed by atoms with Gasteiger partial charge in [-0.1, -0.05) is 36.5 Å². The number of rotatable bonds is 4. The molecule has 0 aliphatic carbocycles. The molecule has 0 fully saturated rings. The molecule has 3 nitrogen and oxygen atoms in total. The van der Waals surface area contributed by atoms with Gasteiger partial charge in [-0.15, -0.1) is 0 Å². The molecule has 1 amide bonds. The van der Waals surface area contributed by atoms with Gasteiger partial charge in [-0.25, -0.2) is 0 Å². The molecule has 0 saturated heterocycles. The molecule has 0 aliphatic heterocycles. The quantitative estimate of drug-likeness (QED) is 0.842. The second-order valence-corrected chi connectivity index (χ2v) is 5.26. The molecular formula is C16H13F3N2OS. The number of nitrogens with one attached hydrogen (secondary N) is 1. The number of nitrogens with two attached hydrogens (primary N) is 1. The van der Waals surface area contributed by atoms with E-state index in [0.717, 1.165) is 12.1 Å². The Morgan fingerprint density at radius 1 is 1.00 bits per heavy atom. The average molecular weight is 338 g/mol. The van der Waals surface area contributed by atoms with Crippen LogP contribution in [0.25, 0.3) is 0 Å². The number of hydrogen-bond donors (Lipinski definition) is 2.